The van der Waals surface area contributed by atoms with Gasteiger partial charge in [0, 0.05) is 11.9 Å². The molecule has 0 aliphatic heterocycles. The molecule has 10 heteroatoms. The molecule has 0 fully saturated rings. The number of halogens is 1. The molecule has 156 valence electrons. The van der Waals surface area contributed by atoms with Crippen LogP contribution in [0, 0.1) is 5.92 Å². The number of hydrogen-bond donors (Lipinski definition) is 4. The number of rotatable bonds is 7. The first-order valence-corrected chi connectivity index (χ1v) is 10.5. The summed E-state index contributed by atoms with van der Waals surface area (Å²) in [6, 6.07) is 8.82. The van der Waals surface area contributed by atoms with Crippen molar-refractivity contribution in [1.29, 1.82) is 0 Å². The lowest BCUT2D eigenvalue weighted by Crippen LogP contribution is -2.46. The molecule has 2 amide bonds. The number of hydrogen-bond acceptors (Lipinski definition) is 5. The van der Waals surface area contributed by atoms with Crippen LogP contribution in [0.4, 0.5) is 11.4 Å². The molecule has 0 aliphatic rings. The predicted octanol–water partition coefficient (Wildman–Crippen LogP) is 2.95. The third-order valence-electron chi connectivity index (χ3n) is 3.92. The number of carbonyl (C=O) groups is 2. The molecule has 1 unspecified atom stereocenters. The highest BCUT2D eigenvalue weighted by Gasteiger charge is 2.25. The van der Waals surface area contributed by atoms with Gasteiger partial charge in [-0.25, -0.2) is 8.42 Å². The molecular formula is C19H22ClN3O5S. The molecule has 0 aromatic heterocycles. The SMILES string of the molecule is CC(=O)NC(C(=O)Nc1cc(S(=O)(=O)Nc2cccc(Cl)c2)ccc1O)C(C)C. The Hall–Kier alpha value is -2.78. The molecule has 2 rings (SSSR count). The van der Waals surface area contributed by atoms with Gasteiger partial charge in [0.2, 0.25) is 11.8 Å². The van der Waals surface area contributed by atoms with Crippen LogP contribution in [-0.4, -0.2) is 31.4 Å². The van der Waals surface area contributed by atoms with Crippen molar-refractivity contribution in [3.63, 3.8) is 0 Å². The van der Waals surface area contributed by atoms with Gasteiger partial charge < -0.3 is 15.7 Å². The van der Waals surface area contributed by atoms with E-state index in [1.807, 2.05) is 0 Å². The molecule has 0 saturated carbocycles. The Bertz CT molecular complexity index is 1020. The Balaban J connectivity index is 2.29. The van der Waals surface area contributed by atoms with Gasteiger partial charge in [-0.15, -0.1) is 0 Å². The quantitative estimate of drug-likeness (QED) is 0.493. The summed E-state index contributed by atoms with van der Waals surface area (Å²) >= 11 is 5.87. The number of anilines is 2. The highest BCUT2D eigenvalue weighted by molar-refractivity contribution is 7.92. The van der Waals surface area contributed by atoms with Crippen LogP contribution in [0.25, 0.3) is 0 Å². The first-order chi connectivity index (χ1) is 13.5. The third-order valence-corrected chi connectivity index (χ3v) is 5.53. The number of sulfonamides is 1. The van der Waals surface area contributed by atoms with E-state index < -0.39 is 22.0 Å². The van der Waals surface area contributed by atoms with E-state index in [1.165, 1.54) is 25.1 Å². The average molecular weight is 440 g/mol. The van der Waals surface area contributed by atoms with Crippen LogP contribution in [0.5, 0.6) is 5.75 Å². The molecule has 0 spiro atoms. The smallest absolute Gasteiger partial charge is 0.261 e. The van der Waals surface area contributed by atoms with Crippen molar-refractivity contribution in [3.05, 3.63) is 47.5 Å². The van der Waals surface area contributed by atoms with Gasteiger partial charge in [0.05, 0.1) is 16.3 Å². The van der Waals surface area contributed by atoms with Gasteiger partial charge in [-0.05, 0) is 42.3 Å². The van der Waals surface area contributed by atoms with Crippen molar-refractivity contribution in [2.45, 2.75) is 31.7 Å². The summed E-state index contributed by atoms with van der Waals surface area (Å²) in [5.74, 6) is -1.50. The van der Waals surface area contributed by atoms with E-state index in [9.17, 15) is 23.1 Å². The first-order valence-electron chi connectivity index (χ1n) is 8.69. The first kappa shape index (κ1) is 22.5. The van der Waals surface area contributed by atoms with Crippen LogP contribution >= 0.6 is 11.6 Å². The van der Waals surface area contributed by atoms with E-state index in [0.717, 1.165) is 12.1 Å². The molecule has 0 saturated heterocycles. The minimum Gasteiger partial charge on any atom is -0.506 e. The van der Waals surface area contributed by atoms with Crippen molar-refractivity contribution in [1.82, 2.24) is 5.32 Å². The molecule has 1 atom stereocenters. The number of carbonyl (C=O) groups excluding carboxylic acids is 2. The monoisotopic (exact) mass is 439 g/mol. The Morgan fingerprint density at radius 2 is 1.79 bits per heavy atom. The minimum absolute atomic E-state index is 0.0972. The van der Waals surface area contributed by atoms with Crippen LogP contribution < -0.4 is 15.4 Å². The van der Waals surface area contributed by atoms with Crippen LogP contribution in [0.2, 0.25) is 5.02 Å². The topological polar surface area (TPSA) is 125 Å². The minimum atomic E-state index is -4.00. The summed E-state index contributed by atoms with van der Waals surface area (Å²) in [6.07, 6.45) is 0. The van der Waals surface area contributed by atoms with E-state index >= 15 is 0 Å². The number of phenolic OH excluding ortho intramolecular Hbond substituents is 1. The molecule has 0 bridgehead atoms. The zero-order valence-corrected chi connectivity index (χ0v) is 17.6. The van der Waals surface area contributed by atoms with E-state index in [2.05, 4.69) is 15.4 Å². The maximum absolute atomic E-state index is 12.6. The van der Waals surface area contributed by atoms with Crippen molar-refractivity contribution in [2.75, 3.05) is 10.0 Å². The van der Waals surface area contributed by atoms with Gasteiger partial charge in [-0.2, -0.15) is 0 Å². The van der Waals surface area contributed by atoms with Crippen molar-refractivity contribution in [2.24, 2.45) is 5.92 Å². The molecule has 2 aromatic carbocycles. The summed E-state index contributed by atoms with van der Waals surface area (Å²) in [5.41, 5.74) is 0.168. The molecular weight excluding hydrogens is 418 g/mol. The van der Waals surface area contributed by atoms with Crippen molar-refractivity contribution in [3.8, 4) is 5.75 Å². The zero-order valence-electron chi connectivity index (χ0n) is 16.1. The standard InChI is InChI=1S/C19H22ClN3O5S/c1-11(2)18(21-12(3)24)19(26)22-16-10-15(7-8-17(16)25)29(27,28)23-14-6-4-5-13(20)9-14/h4-11,18,23,25H,1-3H3,(H,21,24)(H,22,26). The van der Waals surface area contributed by atoms with Gasteiger partial charge in [-0.3, -0.25) is 14.3 Å². The zero-order chi connectivity index (χ0) is 21.8. The number of benzene rings is 2. The normalized spacial score (nSPS) is 12.3. The molecule has 29 heavy (non-hydrogen) atoms. The van der Waals surface area contributed by atoms with Crippen LogP contribution in [0.15, 0.2) is 47.4 Å². The summed E-state index contributed by atoms with van der Waals surface area (Å²) in [4.78, 5) is 23.7. The number of nitrogens with one attached hydrogen (secondary N) is 3. The fraction of sp³-hybridized carbons (Fsp3) is 0.263. The largest absolute Gasteiger partial charge is 0.506 e. The van der Waals surface area contributed by atoms with E-state index in [-0.39, 0.29) is 33.8 Å². The van der Waals surface area contributed by atoms with Crippen LogP contribution in [-0.2, 0) is 19.6 Å². The van der Waals surface area contributed by atoms with Gasteiger partial charge in [0.1, 0.15) is 11.8 Å². The van der Waals surface area contributed by atoms with Gasteiger partial charge in [0.15, 0.2) is 0 Å². The van der Waals surface area contributed by atoms with Gasteiger partial charge in [-0.1, -0.05) is 31.5 Å². The molecule has 0 radical (unpaired) electrons. The lowest BCUT2D eigenvalue weighted by Gasteiger charge is -2.21. The Morgan fingerprint density at radius 3 is 2.38 bits per heavy atom. The van der Waals surface area contributed by atoms with Crippen LogP contribution in [0.3, 0.4) is 0 Å². The molecule has 0 aliphatic carbocycles. The molecule has 8 nitrogen and oxygen atoms in total. The molecule has 0 heterocycles. The van der Waals surface area contributed by atoms with E-state index in [0.29, 0.717) is 5.02 Å². The second-order valence-corrected chi connectivity index (χ2v) is 8.83. The number of aromatic hydroxyl groups is 1. The van der Waals surface area contributed by atoms with Crippen molar-refractivity contribution < 1.29 is 23.1 Å². The van der Waals surface area contributed by atoms with Crippen LogP contribution in [0.1, 0.15) is 20.8 Å². The fourth-order valence-electron chi connectivity index (χ4n) is 2.51. The molecule has 4 N–H and O–H groups in total. The predicted molar refractivity (Wildman–Crippen MR) is 111 cm³/mol. The van der Waals surface area contributed by atoms with Gasteiger partial charge in [0.25, 0.3) is 10.0 Å². The lowest BCUT2D eigenvalue weighted by atomic mass is 10.0. The average Bonchev–Trinajstić information content (AvgIpc) is 2.60. The summed E-state index contributed by atoms with van der Waals surface area (Å²) < 4.78 is 27.7. The van der Waals surface area contributed by atoms with E-state index in [4.69, 9.17) is 11.6 Å². The maximum Gasteiger partial charge on any atom is 0.261 e. The highest BCUT2D eigenvalue weighted by Crippen LogP contribution is 2.28. The Morgan fingerprint density at radius 1 is 1.10 bits per heavy atom. The fourth-order valence-corrected chi connectivity index (χ4v) is 3.78. The van der Waals surface area contributed by atoms with Crippen molar-refractivity contribution >= 4 is 44.8 Å². The second-order valence-electron chi connectivity index (χ2n) is 6.71. The summed E-state index contributed by atoms with van der Waals surface area (Å²) in [5, 5.41) is 15.4. The molecule has 2 aromatic rings. The Kier molecular flexibility index (Phi) is 7.10. The highest BCUT2D eigenvalue weighted by atomic mass is 35.5. The van der Waals surface area contributed by atoms with E-state index in [1.54, 1.807) is 26.0 Å². The number of phenols is 1. The summed E-state index contributed by atoms with van der Waals surface area (Å²) in [7, 11) is -4.00. The summed E-state index contributed by atoms with van der Waals surface area (Å²) in [6.45, 7) is 4.78. The second kappa shape index (κ2) is 9.15. The number of amides is 2. The third kappa shape index (κ3) is 6.10. The van der Waals surface area contributed by atoms with Gasteiger partial charge >= 0.3 is 0 Å². The maximum atomic E-state index is 12.6. The lowest BCUT2D eigenvalue weighted by molar-refractivity contribution is -0.126. The Labute approximate surface area is 174 Å².